The first-order valence-electron chi connectivity index (χ1n) is 9.67. The topological polar surface area (TPSA) is 128 Å². The van der Waals surface area contributed by atoms with Gasteiger partial charge in [-0.3, -0.25) is 0 Å². The van der Waals surface area contributed by atoms with Crippen LogP contribution in [-0.2, 0) is 9.84 Å². The van der Waals surface area contributed by atoms with Crippen molar-refractivity contribution in [2.75, 3.05) is 23.3 Å². The number of aromatic nitrogens is 4. The van der Waals surface area contributed by atoms with E-state index in [2.05, 4.69) is 30.8 Å². The Hall–Kier alpha value is -2.93. The lowest BCUT2D eigenvalue weighted by Crippen LogP contribution is -2.24. The molecule has 0 radical (unpaired) electrons. The minimum atomic E-state index is -3.51. The van der Waals surface area contributed by atoms with Gasteiger partial charge in [-0.2, -0.15) is 10.5 Å². The van der Waals surface area contributed by atoms with E-state index in [0.717, 1.165) is 31.6 Å². The van der Waals surface area contributed by atoms with Crippen LogP contribution in [0.25, 0.3) is 5.57 Å². The zero-order valence-electron chi connectivity index (χ0n) is 16.6. The Morgan fingerprint density at radius 2 is 2.00 bits per heavy atom. The fourth-order valence-corrected chi connectivity index (χ4v) is 4.42. The van der Waals surface area contributed by atoms with Gasteiger partial charge in [0.05, 0.1) is 15.8 Å². The van der Waals surface area contributed by atoms with E-state index in [1.807, 2.05) is 18.2 Å². The number of nitriles is 1. The van der Waals surface area contributed by atoms with Crippen molar-refractivity contribution in [1.29, 1.82) is 5.26 Å². The van der Waals surface area contributed by atoms with Gasteiger partial charge in [-0.05, 0) is 50.1 Å². The number of H-pyrrole nitrogens is 1. The van der Waals surface area contributed by atoms with Crippen LogP contribution in [0.5, 0.6) is 0 Å². The summed E-state index contributed by atoms with van der Waals surface area (Å²) in [6.07, 6.45) is 6.06. The number of hydrogen-bond donors (Lipinski definition) is 2. The van der Waals surface area contributed by atoms with Gasteiger partial charge in [-0.25, -0.2) is 8.42 Å². The van der Waals surface area contributed by atoms with Crippen LogP contribution in [0.1, 0.15) is 45.4 Å². The van der Waals surface area contributed by atoms with Gasteiger partial charge in [-0.15, -0.1) is 10.2 Å². The molecule has 29 heavy (non-hydrogen) atoms. The van der Waals surface area contributed by atoms with E-state index in [-0.39, 0.29) is 16.3 Å². The highest BCUT2D eigenvalue weighted by atomic mass is 32.2. The molecule has 2 N–H and O–H groups in total. The predicted molar refractivity (Wildman–Crippen MR) is 111 cm³/mol. The van der Waals surface area contributed by atoms with E-state index < -0.39 is 15.1 Å². The third-order valence-electron chi connectivity index (χ3n) is 4.94. The second kappa shape index (κ2) is 9.05. The number of rotatable bonds is 6. The van der Waals surface area contributed by atoms with Crippen LogP contribution in [0, 0.1) is 11.3 Å². The van der Waals surface area contributed by atoms with Crippen molar-refractivity contribution >= 4 is 26.8 Å². The summed E-state index contributed by atoms with van der Waals surface area (Å²) in [7, 11) is -3.51. The maximum atomic E-state index is 12.9. The van der Waals surface area contributed by atoms with Gasteiger partial charge in [0.25, 0.3) is 0 Å². The van der Waals surface area contributed by atoms with Crippen LogP contribution < -0.4 is 10.2 Å². The number of nitrogens with zero attached hydrogens (tertiary/aromatic N) is 5. The molecule has 2 aromatic rings. The SMILES string of the molecule is CC(C)S(=O)(=O)c1ccc(N2CCCCCC2)cc1NC=C(C#N)c1nn[nH]n1. The Bertz CT molecular complexity index is 1000. The molecule has 1 saturated heterocycles. The average Bonchev–Trinajstić information content (AvgIpc) is 3.10. The third kappa shape index (κ3) is 4.74. The number of allylic oxidation sites excluding steroid dienone is 1. The van der Waals surface area contributed by atoms with Crippen molar-refractivity contribution < 1.29 is 8.42 Å². The Labute approximate surface area is 170 Å². The van der Waals surface area contributed by atoms with Crippen molar-refractivity contribution in [3.05, 3.63) is 30.2 Å². The zero-order chi connectivity index (χ0) is 20.9. The highest BCUT2D eigenvalue weighted by Crippen LogP contribution is 2.31. The van der Waals surface area contributed by atoms with E-state index in [9.17, 15) is 13.7 Å². The number of nitrogens with one attached hydrogen (secondary N) is 2. The molecular formula is C19H25N7O2S. The van der Waals surface area contributed by atoms with E-state index in [1.165, 1.54) is 19.0 Å². The van der Waals surface area contributed by atoms with Crippen LogP contribution in [0.15, 0.2) is 29.3 Å². The van der Waals surface area contributed by atoms with Gasteiger partial charge in [-0.1, -0.05) is 12.8 Å². The van der Waals surface area contributed by atoms with Crippen LogP contribution in [0.2, 0.25) is 0 Å². The highest BCUT2D eigenvalue weighted by molar-refractivity contribution is 7.92. The maximum absolute atomic E-state index is 12.9. The van der Waals surface area contributed by atoms with Crippen molar-refractivity contribution in [2.45, 2.75) is 49.7 Å². The van der Waals surface area contributed by atoms with Gasteiger partial charge in [0.1, 0.15) is 11.6 Å². The molecule has 1 aliphatic rings. The summed E-state index contributed by atoms with van der Waals surface area (Å²) in [4.78, 5) is 2.48. The summed E-state index contributed by atoms with van der Waals surface area (Å²) in [6.45, 7) is 5.19. The lowest BCUT2D eigenvalue weighted by Gasteiger charge is -2.24. The van der Waals surface area contributed by atoms with E-state index in [1.54, 1.807) is 19.9 Å². The first kappa shape index (κ1) is 20.8. The van der Waals surface area contributed by atoms with Crippen molar-refractivity contribution in [3.8, 4) is 6.07 Å². The van der Waals surface area contributed by atoms with E-state index in [0.29, 0.717) is 5.69 Å². The average molecular weight is 416 g/mol. The van der Waals surface area contributed by atoms with Gasteiger partial charge in [0.2, 0.25) is 5.82 Å². The number of anilines is 2. The first-order chi connectivity index (χ1) is 13.9. The summed E-state index contributed by atoms with van der Waals surface area (Å²) in [6, 6.07) is 7.34. The Morgan fingerprint density at radius 1 is 1.28 bits per heavy atom. The molecule has 0 unspecified atom stereocenters. The number of sulfone groups is 1. The molecule has 3 rings (SSSR count). The third-order valence-corrected chi connectivity index (χ3v) is 7.15. The van der Waals surface area contributed by atoms with Gasteiger partial charge in [0.15, 0.2) is 9.84 Å². The smallest absolute Gasteiger partial charge is 0.216 e. The van der Waals surface area contributed by atoms with Crippen molar-refractivity contribution in [1.82, 2.24) is 20.6 Å². The monoisotopic (exact) mass is 415 g/mol. The zero-order valence-corrected chi connectivity index (χ0v) is 17.4. The lowest BCUT2D eigenvalue weighted by atomic mass is 10.2. The number of benzene rings is 1. The number of aromatic amines is 1. The molecule has 1 aromatic heterocycles. The quantitative estimate of drug-likeness (QED) is 0.689. The largest absolute Gasteiger partial charge is 0.371 e. The van der Waals surface area contributed by atoms with E-state index >= 15 is 0 Å². The second-order valence-electron chi connectivity index (χ2n) is 7.23. The molecule has 2 heterocycles. The molecule has 9 nitrogen and oxygen atoms in total. The summed E-state index contributed by atoms with van der Waals surface area (Å²) in [5, 5.41) is 25.1. The fraction of sp³-hybridized carbons (Fsp3) is 0.474. The van der Waals surface area contributed by atoms with Gasteiger partial charge < -0.3 is 10.2 Å². The van der Waals surface area contributed by atoms with Crippen molar-refractivity contribution in [3.63, 3.8) is 0 Å². The standard InChI is InChI=1S/C19H25N7O2S/c1-14(2)29(27,28)18-8-7-16(26-9-5-3-4-6-10-26)11-17(18)21-13-15(12-20)19-22-24-25-23-19/h7-8,11,13-14,21H,3-6,9-10H2,1-2H3,(H,22,23,24,25). The molecule has 154 valence electrons. The Morgan fingerprint density at radius 3 is 2.59 bits per heavy atom. The summed E-state index contributed by atoms with van der Waals surface area (Å²) < 4.78 is 25.7. The molecule has 1 aromatic carbocycles. The molecule has 0 atom stereocenters. The van der Waals surface area contributed by atoms with Crippen LogP contribution in [-0.4, -0.2) is 47.4 Å². The minimum absolute atomic E-state index is 0.136. The molecule has 0 saturated carbocycles. The molecule has 0 spiro atoms. The van der Waals surface area contributed by atoms with Crippen molar-refractivity contribution in [2.24, 2.45) is 0 Å². The normalized spacial score (nSPS) is 15.8. The molecule has 0 amide bonds. The maximum Gasteiger partial charge on any atom is 0.216 e. The molecule has 0 bridgehead atoms. The molecule has 0 aliphatic carbocycles. The fourth-order valence-electron chi connectivity index (χ4n) is 3.23. The molecule has 1 fully saturated rings. The van der Waals surface area contributed by atoms with Crippen LogP contribution in [0.3, 0.4) is 0 Å². The first-order valence-corrected chi connectivity index (χ1v) is 11.2. The molecule has 10 heteroatoms. The van der Waals surface area contributed by atoms with Gasteiger partial charge in [0, 0.05) is 25.0 Å². The highest BCUT2D eigenvalue weighted by Gasteiger charge is 2.24. The van der Waals surface area contributed by atoms with Crippen LogP contribution >= 0.6 is 0 Å². The Balaban J connectivity index is 2.00. The summed E-state index contributed by atoms with van der Waals surface area (Å²) >= 11 is 0. The van der Waals surface area contributed by atoms with Gasteiger partial charge >= 0.3 is 0 Å². The Kier molecular flexibility index (Phi) is 6.49. The lowest BCUT2D eigenvalue weighted by molar-refractivity contribution is 0.587. The minimum Gasteiger partial charge on any atom is -0.371 e. The summed E-state index contributed by atoms with van der Waals surface area (Å²) in [5.41, 5.74) is 1.53. The predicted octanol–water partition coefficient (Wildman–Crippen LogP) is 2.74. The second-order valence-corrected chi connectivity index (χ2v) is 9.70. The molecule has 1 aliphatic heterocycles. The number of hydrogen-bond acceptors (Lipinski definition) is 8. The summed E-state index contributed by atoms with van der Waals surface area (Å²) in [5.74, 6) is 0.136. The van der Waals surface area contributed by atoms with E-state index in [4.69, 9.17) is 0 Å². The number of tetrazole rings is 1. The molecular weight excluding hydrogens is 390 g/mol. The van der Waals surface area contributed by atoms with Crippen LogP contribution in [0.4, 0.5) is 11.4 Å².